The Morgan fingerprint density at radius 1 is 1.44 bits per heavy atom. The van der Waals surface area contributed by atoms with Gasteiger partial charge in [-0.1, -0.05) is 12.6 Å². The summed E-state index contributed by atoms with van der Waals surface area (Å²) in [6.45, 7) is 6.09. The van der Waals surface area contributed by atoms with Crippen LogP contribution in [0.1, 0.15) is 16.8 Å². The molecule has 0 aliphatic carbocycles. The molecule has 1 aromatic heterocycles. The third kappa shape index (κ3) is 1.72. The first kappa shape index (κ1) is 10.5. The Balaban J connectivity index is 2.42. The van der Waals surface area contributed by atoms with E-state index < -0.39 is 0 Å². The number of nitrogen functional groups attached to an aromatic ring is 1. The van der Waals surface area contributed by atoms with Crippen LogP contribution in [0, 0.1) is 6.92 Å². The van der Waals surface area contributed by atoms with Gasteiger partial charge in [-0.15, -0.1) is 0 Å². The highest BCUT2D eigenvalue weighted by Crippen LogP contribution is 2.23. The van der Waals surface area contributed by atoms with Crippen LogP contribution in [0.25, 0.3) is 5.57 Å². The van der Waals surface area contributed by atoms with Crippen LogP contribution >= 0.6 is 0 Å². The average Bonchev–Trinajstić information content (AvgIpc) is 2.67. The Bertz CT molecular complexity index is 538. The van der Waals surface area contributed by atoms with E-state index in [-0.39, 0.29) is 0 Å². The molecule has 1 heterocycles. The van der Waals surface area contributed by atoms with Gasteiger partial charge in [-0.2, -0.15) is 0 Å². The molecule has 0 saturated carbocycles. The lowest BCUT2D eigenvalue weighted by molar-refractivity contribution is 0.898. The molecule has 0 atom stereocenters. The Hall–Kier alpha value is -2.03. The highest BCUT2D eigenvalue weighted by atomic mass is 15.0. The first-order valence-corrected chi connectivity index (χ1v) is 5.11. The van der Waals surface area contributed by atoms with Crippen molar-refractivity contribution in [2.75, 3.05) is 5.73 Å². The largest absolute Gasteiger partial charge is 0.399 e. The number of anilines is 1. The molecular weight excluding hydrogens is 198 g/mol. The standard InChI is InChI=1S/C13H15N3/c1-9-6-11(4-5-12(9)14)10(2)13-7-15-8-16(13)3/h4-8H,2,14H2,1,3H3. The summed E-state index contributed by atoms with van der Waals surface area (Å²) in [5.41, 5.74) is 10.7. The number of hydrogen-bond donors (Lipinski definition) is 1. The molecule has 0 aliphatic rings. The molecule has 1 aromatic carbocycles. The molecule has 0 radical (unpaired) electrons. The second-order valence-corrected chi connectivity index (χ2v) is 3.94. The van der Waals surface area contributed by atoms with Crippen LogP contribution in [-0.4, -0.2) is 9.55 Å². The maximum absolute atomic E-state index is 5.79. The van der Waals surface area contributed by atoms with Crippen molar-refractivity contribution in [3.8, 4) is 0 Å². The predicted molar refractivity (Wildman–Crippen MR) is 66.9 cm³/mol. The second-order valence-electron chi connectivity index (χ2n) is 3.94. The predicted octanol–water partition coefficient (Wildman–Crippen LogP) is 2.37. The monoisotopic (exact) mass is 213 g/mol. The first-order chi connectivity index (χ1) is 7.59. The number of imidazole rings is 1. The van der Waals surface area contributed by atoms with E-state index in [1.54, 1.807) is 6.33 Å². The molecule has 16 heavy (non-hydrogen) atoms. The van der Waals surface area contributed by atoms with Gasteiger partial charge in [0.05, 0.1) is 18.2 Å². The SMILES string of the molecule is C=C(c1ccc(N)c(C)c1)c1cncn1C. The van der Waals surface area contributed by atoms with Gasteiger partial charge < -0.3 is 10.3 Å². The third-order valence-electron chi connectivity index (χ3n) is 2.74. The van der Waals surface area contributed by atoms with Crippen LogP contribution < -0.4 is 5.73 Å². The van der Waals surface area contributed by atoms with Crippen molar-refractivity contribution in [1.82, 2.24) is 9.55 Å². The molecule has 82 valence electrons. The van der Waals surface area contributed by atoms with E-state index in [1.165, 1.54) is 0 Å². The molecule has 2 aromatic rings. The topological polar surface area (TPSA) is 43.8 Å². The maximum Gasteiger partial charge on any atom is 0.0948 e. The number of aromatic nitrogens is 2. The average molecular weight is 213 g/mol. The fourth-order valence-corrected chi connectivity index (χ4v) is 1.66. The van der Waals surface area contributed by atoms with E-state index >= 15 is 0 Å². The van der Waals surface area contributed by atoms with Crippen LogP contribution in [0.3, 0.4) is 0 Å². The molecule has 3 heteroatoms. The van der Waals surface area contributed by atoms with Crippen molar-refractivity contribution < 1.29 is 0 Å². The zero-order valence-corrected chi connectivity index (χ0v) is 9.57. The minimum Gasteiger partial charge on any atom is -0.399 e. The number of rotatable bonds is 2. The zero-order valence-electron chi connectivity index (χ0n) is 9.57. The second kappa shape index (κ2) is 3.85. The molecule has 0 amide bonds. The van der Waals surface area contributed by atoms with Gasteiger partial charge in [0.1, 0.15) is 0 Å². The molecule has 2 rings (SSSR count). The third-order valence-corrected chi connectivity index (χ3v) is 2.74. The van der Waals surface area contributed by atoms with Gasteiger partial charge in [0.15, 0.2) is 0 Å². The summed E-state index contributed by atoms with van der Waals surface area (Å²) < 4.78 is 1.95. The Labute approximate surface area is 95.2 Å². The van der Waals surface area contributed by atoms with Crippen molar-refractivity contribution in [2.45, 2.75) is 6.92 Å². The van der Waals surface area contributed by atoms with Gasteiger partial charge in [-0.3, -0.25) is 0 Å². The number of nitrogens with two attached hydrogens (primary N) is 1. The molecule has 0 bridgehead atoms. The fraction of sp³-hybridized carbons (Fsp3) is 0.154. The number of nitrogens with zero attached hydrogens (tertiary/aromatic N) is 2. The van der Waals surface area contributed by atoms with E-state index in [4.69, 9.17) is 5.73 Å². The molecular formula is C13H15N3. The summed E-state index contributed by atoms with van der Waals surface area (Å²) >= 11 is 0. The molecule has 0 unspecified atom stereocenters. The van der Waals surface area contributed by atoms with Gasteiger partial charge >= 0.3 is 0 Å². The molecule has 0 saturated heterocycles. The molecule has 0 spiro atoms. The number of aryl methyl sites for hydroxylation is 2. The minimum absolute atomic E-state index is 0.807. The van der Waals surface area contributed by atoms with Gasteiger partial charge in [-0.05, 0) is 35.8 Å². The Kier molecular flexibility index (Phi) is 2.52. The lowest BCUT2D eigenvalue weighted by Gasteiger charge is -2.08. The van der Waals surface area contributed by atoms with Gasteiger partial charge in [-0.25, -0.2) is 4.98 Å². The highest BCUT2D eigenvalue weighted by molar-refractivity contribution is 5.77. The smallest absolute Gasteiger partial charge is 0.0948 e. The lowest BCUT2D eigenvalue weighted by Crippen LogP contribution is -1.96. The van der Waals surface area contributed by atoms with Crippen LogP contribution in [0.2, 0.25) is 0 Å². The van der Waals surface area contributed by atoms with E-state index in [1.807, 2.05) is 42.9 Å². The normalized spacial score (nSPS) is 10.4. The van der Waals surface area contributed by atoms with Gasteiger partial charge in [0.25, 0.3) is 0 Å². The van der Waals surface area contributed by atoms with Crippen LogP contribution in [-0.2, 0) is 7.05 Å². The number of hydrogen-bond acceptors (Lipinski definition) is 2. The zero-order chi connectivity index (χ0) is 11.7. The Morgan fingerprint density at radius 3 is 2.75 bits per heavy atom. The van der Waals surface area contributed by atoms with Crippen LogP contribution in [0.5, 0.6) is 0 Å². The van der Waals surface area contributed by atoms with Crippen molar-refractivity contribution in [3.63, 3.8) is 0 Å². The van der Waals surface area contributed by atoms with E-state index in [9.17, 15) is 0 Å². The quantitative estimate of drug-likeness (QED) is 0.778. The van der Waals surface area contributed by atoms with Crippen molar-refractivity contribution >= 4 is 11.3 Å². The van der Waals surface area contributed by atoms with E-state index in [0.717, 1.165) is 28.1 Å². The van der Waals surface area contributed by atoms with Crippen molar-refractivity contribution in [2.24, 2.45) is 7.05 Å². The van der Waals surface area contributed by atoms with Crippen LogP contribution in [0.15, 0.2) is 37.3 Å². The summed E-state index contributed by atoms with van der Waals surface area (Å²) in [6, 6.07) is 5.94. The maximum atomic E-state index is 5.79. The minimum atomic E-state index is 0.807. The number of benzene rings is 1. The lowest BCUT2D eigenvalue weighted by atomic mass is 10.0. The summed E-state index contributed by atoms with van der Waals surface area (Å²) in [7, 11) is 1.96. The fourth-order valence-electron chi connectivity index (χ4n) is 1.66. The summed E-state index contributed by atoms with van der Waals surface area (Å²) in [4.78, 5) is 4.09. The molecule has 2 N–H and O–H groups in total. The highest BCUT2D eigenvalue weighted by Gasteiger charge is 2.06. The molecule has 0 aliphatic heterocycles. The van der Waals surface area contributed by atoms with Gasteiger partial charge in [0, 0.05) is 12.7 Å². The van der Waals surface area contributed by atoms with E-state index in [0.29, 0.717) is 0 Å². The van der Waals surface area contributed by atoms with E-state index in [2.05, 4.69) is 11.6 Å². The summed E-state index contributed by atoms with van der Waals surface area (Å²) in [5.74, 6) is 0. The van der Waals surface area contributed by atoms with Crippen molar-refractivity contribution in [1.29, 1.82) is 0 Å². The van der Waals surface area contributed by atoms with Crippen molar-refractivity contribution in [3.05, 3.63) is 54.1 Å². The summed E-state index contributed by atoms with van der Waals surface area (Å²) in [5, 5.41) is 0. The van der Waals surface area contributed by atoms with Crippen LogP contribution in [0.4, 0.5) is 5.69 Å². The summed E-state index contributed by atoms with van der Waals surface area (Å²) in [6.07, 6.45) is 3.58. The van der Waals surface area contributed by atoms with Gasteiger partial charge in [0.2, 0.25) is 0 Å². The molecule has 0 fully saturated rings. The molecule has 3 nitrogen and oxygen atoms in total. The first-order valence-electron chi connectivity index (χ1n) is 5.11. The Morgan fingerprint density at radius 2 is 2.19 bits per heavy atom.